The van der Waals surface area contributed by atoms with E-state index in [1.54, 1.807) is 20.8 Å². The van der Waals surface area contributed by atoms with Crippen LogP contribution in [0.1, 0.15) is 20.8 Å². The Labute approximate surface area is 133 Å². The Morgan fingerprint density at radius 2 is 1.62 bits per heavy atom. The molecule has 0 heterocycles. The largest absolute Gasteiger partial charge is 0.466 e. The molecule has 0 saturated heterocycles. The summed E-state index contributed by atoms with van der Waals surface area (Å²) in [5.74, 6) is -3.50. The molecule has 0 aromatic carbocycles. The summed E-state index contributed by atoms with van der Waals surface area (Å²) in [7, 11) is 0. The number of rotatable bonds is 5. The molecule has 138 valence electrons. The van der Waals surface area contributed by atoms with Crippen LogP contribution in [-0.2, 0) is 19.1 Å². The van der Waals surface area contributed by atoms with Crippen molar-refractivity contribution in [3.63, 3.8) is 0 Å². The highest BCUT2D eigenvalue weighted by molar-refractivity contribution is 5.83. The summed E-state index contributed by atoms with van der Waals surface area (Å²) in [4.78, 5) is 22.9. The van der Waals surface area contributed by atoms with Gasteiger partial charge in [-0.2, -0.15) is 26.3 Å². The highest BCUT2D eigenvalue weighted by Crippen LogP contribution is 2.59. The van der Waals surface area contributed by atoms with Gasteiger partial charge in [0.1, 0.15) is 0 Å². The molecule has 0 aliphatic heterocycles. The van der Waals surface area contributed by atoms with Gasteiger partial charge in [-0.1, -0.05) is 19.9 Å². The molecular weight excluding hydrogens is 346 g/mol. The van der Waals surface area contributed by atoms with Crippen molar-refractivity contribution in [1.82, 2.24) is 0 Å². The van der Waals surface area contributed by atoms with Gasteiger partial charge in [-0.3, -0.25) is 4.79 Å². The average Bonchev–Trinajstić information content (AvgIpc) is 2.92. The molecule has 1 aliphatic carbocycles. The lowest BCUT2D eigenvalue weighted by Gasteiger charge is -2.22. The second kappa shape index (κ2) is 6.64. The summed E-state index contributed by atoms with van der Waals surface area (Å²) < 4.78 is 82.0. The zero-order chi connectivity index (χ0) is 18.9. The van der Waals surface area contributed by atoms with Crippen LogP contribution in [0.15, 0.2) is 12.2 Å². The van der Waals surface area contributed by atoms with E-state index in [4.69, 9.17) is 4.74 Å². The van der Waals surface area contributed by atoms with Gasteiger partial charge in [0.25, 0.3) is 6.10 Å². The van der Waals surface area contributed by atoms with Gasteiger partial charge in [0.05, 0.1) is 12.5 Å². The van der Waals surface area contributed by atoms with Gasteiger partial charge in [0, 0.05) is 6.08 Å². The zero-order valence-corrected chi connectivity index (χ0v) is 13.0. The van der Waals surface area contributed by atoms with E-state index in [-0.39, 0.29) is 6.61 Å². The minimum atomic E-state index is -5.77. The van der Waals surface area contributed by atoms with Crippen LogP contribution in [0.5, 0.6) is 0 Å². The molecule has 0 N–H and O–H groups in total. The maximum absolute atomic E-state index is 12.3. The molecule has 0 bridgehead atoms. The van der Waals surface area contributed by atoms with E-state index in [0.29, 0.717) is 6.08 Å². The first kappa shape index (κ1) is 20.3. The Morgan fingerprint density at radius 1 is 1.12 bits per heavy atom. The van der Waals surface area contributed by atoms with Crippen LogP contribution in [0.4, 0.5) is 26.3 Å². The third-order valence-corrected chi connectivity index (χ3v) is 3.72. The first-order valence-corrected chi connectivity index (χ1v) is 6.91. The SMILES string of the molecule is CCOC(=O)C1C(/C=C/C(=O)OC(C(F)(F)F)C(F)(F)F)C1(C)C. The van der Waals surface area contributed by atoms with Crippen LogP contribution in [0, 0.1) is 17.3 Å². The van der Waals surface area contributed by atoms with E-state index in [9.17, 15) is 35.9 Å². The van der Waals surface area contributed by atoms with Crippen molar-refractivity contribution in [2.45, 2.75) is 39.2 Å². The number of hydrogen-bond acceptors (Lipinski definition) is 4. The number of carbonyl (C=O) groups excluding carboxylic acids is 2. The monoisotopic (exact) mass is 362 g/mol. The molecule has 1 rings (SSSR count). The van der Waals surface area contributed by atoms with Gasteiger partial charge in [-0.15, -0.1) is 0 Å². The summed E-state index contributed by atoms with van der Waals surface area (Å²) in [5.41, 5.74) is -0.615. The number of hydrogen-bond donors (Lipinski definition) is 0. The van der Waals surface area contributed by atoms with Crippen LogP contribution >= 0.6 is 0 Å². The Balaban J connectivity index is 2.74. The third kappa shape index (κ3) is 4.64. The van der Waals surface area contributed by atoms with Crippen molar-refractivity contribution in [3.05, 3.63) is 12.2 Å². The van der Waals surface area contributed by atoms with E-state index >= 15 is 0 Å². The first-order chi connectivity index (χ1) is 10.7. The van der Waals surface area contributed by atoms with Gasteiger partial charge in [0.15, 0.2) is 0 Å². The van der Waals surface area contributed by atoms with Crippen molar-refractivity contribution in [2.24, 2.45) is 17.3 Å². The number of carbonyl (C=O) groups is 2. The van der Waals surface area contributed by atoms with Gasteiger partial charge in [-0.05, 0) is 18.3 Å². The van der Waals surface area contributed by atoms with Crippen molar-refractivity contribution < 1.29 is 45.4 Å². The Kier molecular flexibility index (Phi) is 5.62. The van der Waals surface area contributed by atoms with Gasteiger partial charge >= 0.3 is 24.3 Å². The molecule has 4 nitrogen and oxygen atoms in total. The van der Waals surface area contributed by atoms with Crippen molar-refractivity contribution in [1.29, 1.82) is 0 Å². The number of halogens is 6. The lowest BCUT2D eigenvalue weighted by atomic mass is 10.1. The fraction of sp³-hybridized carbons (Fsp3) is 0.714. The Hall–Kier alpha value is -1.74. The molecule has 0 aromatic rings. The minimum absolute atomic E-state index is 0.128. The lowest BCUT2D eigenvalue weighted by Crippen LogP contribution is -2.45. The normalized spacial score (nSPS) is 23.4. The molecule has 0 radical (unpaired) electrons. The lowest BCUT2D eigenvalue weighted by molar-refractivity contribution is -0.312. The molecule has 10 heteroatoms. The minimum Gasteiger partial charge on any atom is -0.466 e. The van der Waals surface area contributed by atoms with Gasteiger partial charge in [-0.25, -0.2) is 4.79 Å². The summed E-state index contributed by atoms with van der Waals surface area (Å²) in [6.07, 6.45) is -14.2. The topological polar surface area (TPSA) is 52.6 Å². The van der Waals surface area contributed by atoms with E-state index in [1.807, 2.05) is 0 Å². The van der Waals surface area contributed by atoms with Crippen LogP contribution in [-0.4, -0.2) is 37.0 Å². The molecule has 1 fully saturated rings. The third-order valence-electron chi connectivity index (χ3n) is 3.72. The van der Waals surface area contributed by atoms with E-state index < -0.39 is 47.6 Å². The first-order valence-electron chi connectivity index (χ1n) is 6.91. The highest BCUT2D eigenvalue weighted by Gasteiger charge is 2.62. The second-order valence-electron chi connectivity index (χ2n) is 5.84. The van der Waals surface area contributed by atoms with E-state index in [0.717, 1.165) is 6.08 Å². The molecule has 0 aromatic heterocycles. The number of ether oxygens (including phenoxy) is 2. The molecule has 0 spiro atoms. The Bertz CT molecular complexity index is 506. The summed E-state index contributed by atoms with van der Waals surface area (Å²) in [6.45, 7) is 5.03. The molecule has 1 saturated carbocycles. The van der Waals surface area contributed by atoms with Gasteiger partial charge in [0.2, 0.25) is 0 Å². The molecule has 2 unspecified atom stereocenters. The number of esters is 2. The highest BCUT2D eigenvalue weighted by atomic mass is 19.4. The summed E-state index contributed by atoms with van der Waals surface area (Å²) in [6, 6.07) is 0. The quantitative estimate of drug-likeness (QED) is 0.427. The molecule has 24 heavy (non-hydrogen) atoms. The van der Waals surface area contributed by atoms with Crippen molar-refractivity contribution >= 4 is 11.9 Å². The zero-order valence-electron chi connectivity index (χ0n) is 13.0. The molecular formula is C14H16F6O4. The van der Waals surface area contributed by atoms with Crippen LogP contribution in [0.25, 0.3) is 0 Å². The van der Waals surface area contributed by atoms with Crippen LogP contribution < -0.4 is 0 Å². The standard InChI is InChI=1S/C14H16F6O4/c1-4-23-10(22)9-7(12(9,2)3)5-6-8(21)24-11(13(15,16)17)14(18,19)20/h5-7,9,11H,4H2,1-3H3/b6-5+. The fourth-order valence-electron chi connectivity index (χ4n) is 2.38. The molecule has 2 atom stereocenters. The van der Waals surface area contributed by atoms with Crippen molar-refractivity contribution in [3.8, 4) is 0 Å². The van der Waals surface area contributed by atoms with Gasteiger partial charge < -0.3 is 9.47 Å². The predicted molar refractivity (Wildman–Crippen MR) is 68.5 cm³/mol. The van der Waals surface area contributed by atoms with Crippen LogP contribution in [0.2, 0.25) is 0 Å². The number of allylic oxidation sites excluding steroid dienone is 1. The maximum atomic E-state index is 12.3. The maximum Gasteiger partial charge on any atom is 0.434 e. The van der Waals surface area contributed by atoms with Crippen molar-refractivity contribution in [2.75, 3.05) is 6.61 Å². The number of alkyl halides is 6. The molecule has 1 aliphatic rings. The summed E-state index contributed by atoms with van der Waals surface area (Å²) >= 11 is 0. The van der Waals surface area contributed by atoms with Crippen LogP contribution in [0.3, 0.4) is 0 Å². The predicted octanol–water partition coefficient (Wildman–Crippen LogP) is 3.41. The average molecular weight is 362 g/mol. The Morgan fingerprint density at radius 3 is 2.04 bits per heavy atom. The summed E-state index contributed by atoms with van der Waals surface area (Å²) in [5, 5.41) is 0. The smallest absolute Gasteiger partial charge is 0.434 e. The van der Waals surface area contributed by atoms with E-state index in [1.165, 1.54) is 0 Å². The fourth-order valence-corrected chi connectivity index (χ4v) is 2.38. The van der Waals surface area contributed by atoms with E-state index in [2.05, 4.69) is 4.74 Å². The second-order valence-corrected chi connectivity index (χ2v) is 5.84. The molecule has 0 amide bonds.